The summed E-state index contributed by atoms with van der Waals surface area (Å²) in [4.78, 5) is 23.8. The quantitative estimate of drug-likeness (QED) is 0.542. The lowest BCUT2D eigenvalue weighted by atomic mass is 10.0. The molecule has 2 N–H and O–H groups in total. The maximum absolute atomic E-state index is 11.9. The summed E-state index contributed by atoms with van der Waals surface area (Å²) in [6.45, 7) is 5.54. The Hall–Kier alpha value is -2.06. The maximum Gasteiger partial charge on any atom is 0.276 e. The first kappa shape index (κ1) is 22.2. The van der Waals surface area contributed by atoms with Crippen molar-refractivity contribution in [1.82, 2.24) is 10.9 Å². The van der Waals surface area contributed by atoms with Crippen molar-refractivity contribution in [3.63, 3.8) is 0 Å². The first-order chi connectivity index (χ1) is 13.3. The van der Waals surface area contributed by atoms with Crippen molar-refractivity contribution in [2.24, 2.45) is 0 Å². The third-order valence-electron chi connectivity index (χ3n) is 3.79. The van der Waals surface area contributed by atoms with Gasteiger partial charge in [-0.2, -0.15) is 0 Å². The highest BCUT2D eigenvalue weighted by molar-refractivity contribution is 9.10. The van der Waals surface area contributed by atoms with E-state index in [2.05, 4.69) is 42.7 Å². The fraction of sp³-hybridized carbons (Fsp3) is 0.300. The highest BCUT2D eigenvalue weighted by atomic mass is 79.9. The van der Waals surface area contributed by atoms with E-state index in [9.17, 15) is 9.59 Å². The third-order valence-corrected chi connectivity index (χ3v) is 4.78. The number of halogens is 2. The van der Waals surface area contributed by atoms with Gasteiger partial charge in [0.2, 0.25) is 0 Å². The first-order valence-electron chi connectivity index (χ1n) is 8.65. The SMILES string of the molecule is Cc1cc(Br)ccc1OCC(=O)NNC(=O)COc1ccc(Br)cc1C(C)C. The van der Waals surface area contributed by atoms with E-state index in [0.29, 0.717) is 11.5 Å². The molecular weight excluding hydrogens is 492 g/mol. The van der Waals surface area contributed by atoms with Crippen LogP contribution in [0.25, 0.3) is 0 Å². The standard InChI is InChI=1S/C20H22Br2N2O4/c1-12(2)16-9-15(22)5-7-18(16)28-11-20(26)24-23-19(25)10-27-17-6-4-14(21)8-13(17)3/h4-9,12H,10-11H2,1-3H3,(H,23,25)(H,24,26). The molecule has 6 nitrogen and oxygen atoms in total. The van der Waals surface area contributed by atoms with E-state index in [-0.39, 0.29) is 19.1 Å². The number of aryl methyl sites for hydroxylation is 1. The van der Waals surface area contributed by atoms with E-state index in [4.69, 9.17) is 9.47 Å². The van der Waals surface area contributed by atoms with Gasteiger partial charge in [0, 0.05) is 8.95 Å². The Kier molecular flexibility index (Phi) is 8.32. The van der Waals surface area contributed by atoms with E-state index >= 15 is 0 Å². The highest BCUT2D eigenvalue weighted by Crippen LogP contribution is 2.29. The normalized spacial score (nSPS) is 10.5. The van der Waals surface area contributed by atoms with Crippen LogP contribution in [-0.2, 0) is 9.59 Å². The second-order valence-corrected chi connectivity index (χ2v) is 8.25. The predicted molar refractivity (Wildman–Crippen MR) is 114 cm³/mol. The molecule has 2 amide bonds. The molecule has 0 saturated carbocycles. The zero-order valence-corrected chi connectivity index (χ0v) is 19.0. The molecule has 0 atom stereocenters. The molecule has 150 valence electrons. The number of nitrogens with one attached hydrogen (secondary N) is 2. The molecule has 0 fully saturated rings. The number of hydrazine groups is 1. The van der Waals surface area contributed by atoms with Crippen LogP contribution in [0.3, 0.4) is 0 Å². The fourth-order valence-electron chi connectivity index (χ4n) is 2.37. The van der Waals surface area contributed by atoms with Crippen LogP contribution in [0.4, 0.5) is 0 Å². The van der Waals surface area contributed by atoms with Crippen LogP contribution in [0, 0.1) is 6.92 Å². The molecule has 0 bridgehead atoms. The number of hydrogen-bond donors (Lipinski definition) is 2. The van der Waals surface area contributed by atoms with Crippen molar-refractivity contribution in [1.29, 1.82) is 0 Å². The van der Waals surface area contributed by atoms with Gasteiger partial charge in [-0.3, -0.25) is 20.4 Å². The summed E-state index contributed by atoms with van der Waals surface area (Å²) in [7, 11) is 0. The largest absolute Gasteiger partial charge is 0.483 e. The summed E-state index contributed by atoms with van der Waals surface area (Å²) in [5, 5.41) is 0. The number of amides is 2. The zero-order valence-electron chi connectivity index (χ0n) is 15.8. The molecule has 8 heteroatoms. The van der Waals surface area contributed by atoms with Gasteiger partial charge in [-0.15, -0.1) is 0 Å². The van der Waals surface area contributed by atoms with Crippen molar-refractivity contribution < 1.29 is 19.1 Å². The van der Waals surface area contributed by atoms with E-state index in [1.54, 1.807) is 12.1 Å². The molecule has 28 heavy (non-hydrogen) atoms. The minimum atomic E-state index is -0.470. The Morgan fingerprint density at radius 1 is 0.893 bits per heavy atom. The molecule has 0 aliphatic heterocycles. The molecular formula is C20H22Br2N2O4. The number of hydrogen-bond acceptors (Lipinski definition) is 4. The Morgan fingerprint density at radius 2 is 1.39 bits per heavy atom. The summed E-state index contributed by atoms with van der Waals surface area (Å²) in [5.74, 6) is 0.542. The molecule has 0 aromatic heterocycles. The van der Waals surface area contributed by atoms with Crippen LogP contribution in [-0.4, -0.2) is 25.0 Å². The number of carbonyl (C=O) groups excluding carboxylic acids is 2. The summed E-state index contributed by atoms with van der Waals surface area (Å²) in [5.41, 5.74) is 6.51. The predicted octanol–water partition coefficient (Wildman–Crippen LogP) is 4.25. The molecule has 2 rings (SSSR count). The Balaban J connectivity index is 1.77. The molecule has 0 aliphatic rings. The number of ether oxygens (including phenoxy) is 2. The van der Waals surface area contributed by atoms with Gasteiger partial charge in [0.25, 0.3) is 11.8 Å². The molecule has 2 aromatic carbocycles. The summed E-state index contributed by atoms with van der Waals surface area (Å²) >= 11 is 6.80. The molecule has 2 aromatic rings. The number of benzene rings is 2. The Bertz CT molecular complexity index is 856. The molecule has 0 aliphatic carbocycles. The van der Waals surface area contributed by atoms with Crippen molar-refractivity contribution in [3.05, 3.63) is 56.5 Å². The van der Waals surface area contributed by atoms with Crippen LogP contribution >= 0.6 is 31.9 Å². The van der Waals surface area contributed by atoms with Crippen molar-refractivity contribution in [2.45, 2.75) is 26.7 Å². The smallest absolute Gasteiger partial charge is 0.276 e. The lowest BCUT2D eigenvalue weighted by molar-refractivity contribution is -0.131. The van der Waals surface area contributed by atoms with Gasteiger partial charge in [-0.25, -0.2) is 0 Å². The van der Waals surface area contributed by atoms with E-state index in [1.165, 1.54) is 0 Å². The molecule has 0 spiro atoms. The Labute approximate surface area is 181 Å². The van der Waals surface area contributed by atoms with Crippen LogP contribution in [0.2, 0.25) is 0 Å². The third kappa shape index (κ3) is 6.83. The summed E-state index contributed by atoms with van der Waals surface area (Å²) in [6, 6.07) is 11.1. The monoisotopic (exact) mass is 512 g/mol. The van der Waals surface area contributed by atoms with Crippen LogP contribution < -0.4 is 20.3 Å². The zero-order chi connectivity index (χ0) is 20.7. The lowest BCUT2D eigenvalue weighted by Gasteiger charge is -2.15. The molecule has 0 saturated heterocycles. The van der Waals surface area contributed by atoms with E-state index in [1.807, 2.05) is 45.0 Å². The minimum Gasteiger partial charge on any atom is -0.483 e. The molecule has 0 radical (unpaired) electrons. The maximum atomic E-state index is 11.9. The van der Waals surface area contributed by atoms with Crippen LogP contribution in [0.15, 0.2) is 45.3 Å². The average Bonchev–Trinajstić information content (AvgIpc) is 2.64. The minimum absolute atomic E-state index is 0.214. The van der Waals surface area contributed by atoms with Gasteiger partial charge in [0.05, 0.1) is 0 Å². The fourth-order valence-corrected chi connectivity index (χ4v) is 3.23. The summed E-state index contributed by atoms with van der Waals surface area (Å²) in [6.07, 6.45) is 0. The lowest BCUT2D eigenvalue weighted by Crippen LogP contribution is -2.45. The van der Waals surface area contributed by atoms with Gasteiger partial charge in [-0.05, 0) is 60.4 Å². The first-order valence-corrected chi connectivity index (χ1v) is 10.2. The van der Waals surface area contributed by atoms with Crippen molar-refractivity contribution >= 4 is 43.7 Å². The topological polar surface area (TPSA) is 76.7 Å². The van der Waals surface area contributed by atoms with Crippen LogP contribution in [0.5, 0.6) is 11.5 Å². The second-order valence-electron chi connectivity index (χ2n) is 6.42. The van der Waals surface area contributed by atoms with Crippen molar-refractivity contribution in [3.8, 4) is 11.5 Å². The van der Waals surface area contributed by atoms with Gasteiger partial charge >= 0.3 is 0 Å². The van der Waals surface area contributed by atoms with Gasteiger partial charge in [0.15, 0.2) is 13.2 Å². The van der Waals surface area contributed by atoms with Gasteiger partial charge in [0.1, 0.15) is 11.5 Å². The second kappa shape index (κ2) is 10.5. The Morgan fingerprint density at radius 3 is 1.93 bits per heavy atom. The van der Waals surface area contributed by atoms with Gasteiger partial charge in [-0.1, -0.05) is 45.7 Å². The number of rotatable bonds is 7. The number of carbonyl (C=O) groups is 2. The van der Waals surface area contributed by atoms with Gasteiger partial charge < -0.3 is 9.47 Å². The van der Waals surface area contributed by atoms with E-state index in [0.717, 1.165) is 20.1 Å². The van der Waals surface area contributed by atoms with E-state index < -0.39 is 11.8 Å². The average molecular weight is 514 g/mol. The van der Waals surface area contributed by atoms with Crippen molar-refractivity contribution in [2.75, 3.05) is 13.2 Å². The molecule has 0 heterocycles. The highest BCUT2D eigenvalue weighted by Gasteiger charge is 2.11. The summed E-state index contributed by atoms with van der Waals surface area (Å²) < 4.78 is 12.9. The van der Waals surface area contributed by atoms with Crippen LogP contribution in [0.1, 0.15) is 30.9 Å². The molecule has 0 unspecified atom stereocenters.